The van der Waals surface area contributed by atoms with Gasteiger partial charge >= 0.3 is 0 Å². The molecule has 0 unspecified atom stereocenters. The fourth-order valence-corrected chi connectivity index (χ4v) is 2.94. The van der Waals surface area contributed by atoms with Gasteiger partial charge in [-0.2, -0.15) is 0 Å². The highest BCUT2D eigenvalue weighted by Gasteiger charge is 2.35. The Morgan fingerprint density at radius 2 is 2.07 bits per heavy atom. The van der Waals surface area contributed by atoms with E-state index in [9.17, 15) is 0 Å². The van der Waals surface area contributed by atoms with Gasteiger partial charge in [-0.15, -0.1) is 0 Å². The van der Waals surface area contributed by atoms with Gasteiger partial charge in [-0.3, -0.25) is 0 Å². The first kappa shape index (κ1) is 11.4. The van der Waals surface area contributed by atoms with Crippen LogP contribution >= 0.6 is 0 Å². The fraction of sp³-hybridized carbons (Fsp3) is 1.00. The van der Waals surface area contributed by atoms with Crippen molar-refractivity contribution < 1.29 is 0 Å². The molecule has 0 amide bonds. The van der Waals surface area contributed by atoms with Crippen molar-refractivity contribution in [2.75, 3.05) is 45.8 Å². The quantitative estimate of drug-likeness (QED) is 0.719. The van der Waals surface area contributed by atoms with Crippen molar-refractivity contribution in [3.63, 3.8) is 0 Å². The van der Waals surface area contributed by atoms with Gasteiger partial charge in [0, 0.05) is 32.2 Å². The summed E-state index contributed by atoms with van der Waals surface area (Å²) in [5.74, 6) is 0.946. The molecule has 0 aromatic carbocycles. The van der Waals surface area contributed by atoms with E-state index in [-0.39, 0.29) is 0 Å². The molecule has 2 rings (SSSR count). The van der Waals surface area contributed by atoms with Crippen molar-refractivity contribution in [2.24, 2.45) is 5.92 Å². The lowest BCUT2D eigenvalue weighted by molar-refractivity contribution is 0.233. The molecule has 2 saturated heterocycles. The van der Waals surface area contributed by atoms with Gasteiger partial charge in [-0.05, 0) is 32.0 Å². The summed E-state index contributed by atoms with van der Waals surface area (Å²) in [5, 5.41) is 3.61. The lowest BCUT2D eigenvalue weighted by atomic mass is 10.1. The average molecular weight is 211 g/mol. The predicted octanol–water partition coefficient (Wildman–Crippen LogP) is 0.622. The summed E-state index contributed by atoms with van der Waals surface area (Å²) in [6.07, 6.45) is 1.40. The SMILES string of the molecule is CCN(CC)CCN1C[C@@H]2CCN[C@@H]2C1. The van der Waals surface area contributed by atoms with Crippen molar-refractivity contribution in [2.45, 2.75) is 26.3 Å². The molecule has 0 aromatic heterocycles. The number of likely N-dealkylation sites (tertiary alicyclic amines) is 1. The minimum atomic E-state index is 0.807. The molecular weight excluding hydrogens is 186 g/mol. The van der Waals surface area contributed by atoms with E-state index in [4.69, 9.17) is 0 Å². The van der Waals surface area contributed by atoms with E-state index in [1.165, 1.54) is 52.2 Å². The number of likely N-dealkylation sites (N-methyl/N-ethyl adjacent to an activating group) is 1. The maximum atomic E-state index is 3.61. The van der Waals surface area contributed by atoms with E-state index in [0.29, 0.717) is 0 Å². The topological polar surface area (TPSA) is 18.5 Å². The summed E-state index contributed by atoms with van der Waals surface area (Å²) in [6, 6.07) is 0.807. The number of hydrogen-bond donors (Lipinski definition) is 1. The first-order valence-corrected chi connectivity index (χ1v) is 6.51. The Labute approximate surface area is 93.8 Å². The molecule has 2 aliphatic rings. The van der Waals surface area contributed by atoms with Gasteiger partial charge in [0.2, 0.25) is 0 Å². The lowest BCUT2D eigenvalue weighted by Gasteiger charge is -2.23. The zero-order chi connectivity index (χ0) is 10.7. The van der Waals surface area contributed by atoms with Crippen LogP contribution in [-0.2, 0) is 0 Å². The molecule has 1 N–H and O–H groups in total. The van der Waals surface area contributed by atoms with Crippen LogP contribution in [0.2, 0.25) is 0 Å². The third-order valence-electron chi connectivity index (χ3n) is 4.07. The van der Waals surface area contributed by atoms with Crippen LogP contribution in [0.25, 0.3) is 0 Å². The van der Waals surface area contributed by atoms with Crippen molar-refractivity contribution in [1.82, 2.24) is 15.1 Å². The van der Waals surface area contributed by atoms with E-state index < -0.39 is 0 Å². The summed E-state index contributed by atoms with van der Waals surface area (Å²) in [7, 11) is 0. The van der Waals surface area contributed by atoms with Crippen molar-refractivity contribution in [1.29, 1.82) is 0 Å². The molecule has 0 radical (unpaired) electrons. The van der Waals surface area contributed by atoms with Gasteiger partial charge < -0.3 is 15.1 Å². The molecule has 2 heterocycles. The Kier molecular flexibility index (Phi) is 4.00. The second-order valence-electron chi connectivity index (χ2n) is 4.90. The minimum absolute atomic E-state index is 0.807. The third kappa shape index (κ3) is 2.71. The summed E-state index contributed by atoms with van der Waals surface area (Å²) < 4.78 is 0. The number of rotatable bonds is 5. The molecule has 15 heavy (non-hydrogen) atoms. The summed E-state index contributed by atoms with van der Waals surface area (Å²) in [5.41, 5.74) is 0. The molecule has 0 spiro atoms. The lowest BCUT2D eigenvalue weighted by Crippen LogP contribution is -2.36. The van der Waals surface area contributed by atoms with Crippen LogP contribution in [-0.4, -0.2) is 61.7 Å². The van der Waals surface area contributed by atoms with Gasteiger partial charge in [0.05, 0.1) is 0 Å². The van der Waals surface area contributed by atoms with Crippen LogP contribution < -0.4 is 5.32 Å². The number of nitrogens with zero attached hydrogens (tertiary/aromatic N) is 2. The van der Waals surface area contributed by atoms with Crippen LogP contribution in [0.5, 0.6) is 0 Å². The summed E-state index contributed by atoms with van der Waals surface area (Å²) >= 11 is 0. The largest absolute Gasteiger partial charge is 0.312 e. The average Bonchev–Trinajstić information content (AvgIpc) is 2.79. The monoisotopic (exact) mass is 211 g/mol. The van der Waals surface area contributed by atoms with Crippen LogP contribution in [0.15, 0.2) is 0 Å². The van der Waals surface area contributed by atoms with Gasteiger partial charge in [-0.25, -0.2) is 0 Å². The standard InChI is InChI=1S/C12H25N3/c1-3-14(4-2)7-8-15-9-11-5-6-13-12(11)10-15/h11-13H,3-10H2,1-2H3/t11-,12+/m0/s1. The maximum absolute atomic E-state index is 3.61. The van der Waals surface area contributed by atoms with Crippen LogP contribution in [0.3, 0.4) is 0 Å². The van der Waals surface area contributed by atoms with E-state index in [1.54, 1.807) is 0 Å². The van der Waals surface area contributed by atoms with Gasteiger partial charge in [0.15, 0.2) is 0 Å². The van der Waals surface area contributed by atoms with Gasteiger partial charge in [0.1, 0.15) is 0 Å². The molecule has 88 valence electrons. The molecule has 2 aliphatic heterocycles. The van der Waals surface area contributed by atoms with E-state index in [0.717, 1.165) is 12.0 Å². The second-order valence-corrected chi connectivity index (χ2v) is 4.90. The Morgan fingerprint density at radius 1 is 1.27 bits per heavy atom. The zero-order valence-corrected chi connectivity index (χ0v) is 10.2. The molecule has 0 aliphatic carbocycles. The van der Waals surface area contributed by atoms with E-state index in [1.807, 2.05) is 0 Å². The highest BCUT2D eigenvalue weighted by molar-refractivity contribution is 4.93. The Morgan fingerprint density at radius 3 is 2.73 bits per heavy atom. The van der Waals surface area contributed by atoms with Crippen molar-refractivity contribution >= 4 is 0 Å². The van der Waals surface area contributed by atoms with Crippen molar-refractivity contribution in [3.05, 3.63) is 0 Å². The highest BCUT2D eigenvalue weighted by atomic mass is 15.2. The molecule has 3 heteroatoms. The van der Waals surface area contributed by atoms with Crippen LogP contribution in [0.1, 0.15) is 20.3 Å². The smallest absolute Gasteiger partial charge is 0.0235 e. The van der Waals surface area contributed by atoms with Gasteiger partial charge in [-0.1, -0.05) is 13.8 Å². The van der Waals surface area contributed by atoms with Crippen LogP contribution in [0, 0.1) is 5.92 Å². The summed E-state index contributed by atoms with van der Waals surface area (Å²) in [6.45, 7) is 13.3. The molecule has 2 fully saturated rings. The summed E-state index contributed by atoms with van der Waals surface area (Å²) in [4.78, 5) is 5.15. The second kappa shape index (κ2) is 5.28. The predicted molar refractivity (Wildman–Crippen MR) is 64.1 cm³/mol. The maximum Gasteiger partial charge on any atom is 0.0235 e. The molecule has 0 saturated carbocycles. The zero-order valence-electron chi connectivity index (χ0n) is 10.2. The minimum Gasteiger partial charge on any atom is -0.312 e. The third-order valence-corrected chi connectivity index (χ3v) is 4.07. The molecule has 0 bridgehead atoms. The highest BCUT2D eigenvalue weighted by Crippen LogP contribution is 2.23. The van der Waals surface area contributed by atoms with E-state index >= 15 is 0 Å². The first-order chi connectivity index (χ1) is 7.33. The normalized spacial score (nSPS) is 31.4. The molecule has 2 atom stereocenters. The molecule has 0 aromatic rings. The number of nitrogens with one attached hydrogen (secondary N) is 1. The van der Waals surface area contributed by atoms with E-state index in [2.05, 4.69) is 29.0 Å². The van der Waals surface area contributed by atoms with Crippen molar-refractivity contribution in [3.8, 4) is 0 Å². The van der Waals surface area contributed by atoms with Gasteiger partial charge in [0.25, 0.3) is 0 Å². The molecule has 3 nitrogen and oxygen atoms in total. The first-order valence-electron chi connectivity index (χ1n) is 6.51. The molecular formula is C12H25N3. The Balaban J connectivity index is 1.68. The van der Waals surface area contributed by atoms with Crippen LogP contribution in [0.4, 0.5) is 0 Å². The number of fused-ring (bicyclic) bond motifs is 1. The number of hydrogen-bond acceptors (Lipinski definition) is 3. The Bertz CT molecular complexity index is 179. The fourth-order valence-electron chi connectivity index (χ4n) is 2.94. The Hall–Kier alpha value is -0.120.